The molecule has 0 saturated heterocycles. The minimum atomic E-state index is -0.383. The van der Waals surface area contributed by atoms with Crippen molar-refractivity contribution in [2.45, 2.75) is 27.2 Å². The fraction of sp³-hybridized carbons (Fsp3) is 0.400. The quantitative estimate of drug-likeness (QED) is 0.877. The molecule has 0 fully saturated rings. The molecule has 0 bridgehead atoms. The summed E-state index contributed by atoms with van der Waals surface area (Å²) in [5, 5.41) is 3.77. The molecule has 102 valence electrons. The molecule has 2 rings (SSSR count). The van der Waals surface area contributed by atoms with Crippen molar-refractivity contribution in [2.24, 2.45) is 5.41 Å². The number of aromatic amines is 1. The van der Waals surface area contributed by atoms with Crippen LogP contribution in [0.2, 0.25) is 0 Å². The molecule has 1 amide bonds. The Morgan fingerprint density at radius 2 is 2.11 bits per heavy atom. The van der Waals surface area contributed by atoms with Crippen LogP contribution in [0.1, 0.15) is 26.3 Å². The lowest BCUT2D eigenvalue weighted by molar-refractivity contribution is -0.128. The van der Waals surface area contributed by atoms with Gasteiger partial charge in [0.1, 0.15) is 5.82 Å². The second kappa shape index (κ2) is 5.03. The molecule has 1 aromatic carbocycles. The second-order valence-corrected chi connectivity index (χ2v) is 5.76. The summed E-state index contributed by atoms with van der Waals surface area (Å²) in [6, 6.07) is 4.68. The maximum absolute atomic E-state index is 13.2. The van der Waals surface area contributed by atoms with Crippen LogP contribution < -0.4 is 5.32 Å². The average Bonchev–Trinajstić information content (AvgIpc) is 2.70. The highest BCUT2D eigenvalue weighted by Gasteiger charge is 2.20. The Labute approximate surface area is 112 Å². The summed E-state index contributed by atoms with van der Waals surface area (Å²) >= 11 is 0. The highest BCUT2D eigenvalue weighted by atomic mass is 19.1. The number of hydrogen-bond donors (Lipinski definition) is 2. The van der Waals surface area contributed by atoms with Crippen molar-refractivity contribution in [1.29, 1.82) is 0 Å². The summed E-state index contributed by atoms with van der Waals surface area (Å²) in [5.41, 5.74) is 1.55. The number of hydrogen-bond acceptors (Lipinski definition) is 1. The van der Waals surface area contributed by atoms with Crippen molar-refractivity contribution in [3.8, 4) is 0 Å². The van der Waals surface area contributed by atoms with Crippen LogP contribution in [0.3, 0.4) is 0 Å². The summed E-state index contributed by atoms with van der Waals surface area (Å²) < 4.78 is 13.2. The molecule has 0 aliphatic rings. The van der Waals surface area contributed by atoms with Gasteiger partial charge in [0.2, 0.25) is 5.91 Å². The van der Waals surface area contributed by atoms with Gasteiger partial charge < -0.3 is 10.3 Å². The van der Waals surface area contributed by atoms with Crippen LogP contribution in [0.4, 0.5) is 4.39 Å². The maximum Gasteiger partial charge on any atom is 0.225 e. The highest BCUT2D eigenvalue weighted by Crippen LogP contribution is 2.19. The van der Waals surface area contributed by atoms with E-state index in [1.807, 2.05) is 27.0 Å². The van der Waals surface area contributed by atoms with Gasteiger partial charge in [-0.3, -0.25) is 4.79 Å². The van der Waals surface area contributed by atoms with Crippen LogP contribution in [0, 0.1) is 11.2 Å². The van der Waals surface area contributed by atoms with Crippen LogP contribution >= 0.6 is 0 Å². The van der Waals surface area contributed by atoms with Gasteiger partial charge in [0, 0.05) is 29.1 Å². The van der Waals surface area contributed by atoms with Crippen molar-refractivity contribution in [1.82, 2.24) is 10.3 Å². The van der Waals surface area contributed by atoms with Gasteiger partial charge in [-0.1, -0.05) is 20.8 Å². The van der Waals surface area contributed by atoms with Crippen LogP contribution in [0.15, 0.2) is 24.4 Å². The monoisotopic (exact) mass is 262 g/mol. The van der Waals surface area contributed by atoms with Gasteiger partial charge in [0.15, 0.2) is 0 Å². The molecule has 2 N–H and O–H groups in total. The molecule has 4 heteroatoms. The molecule has 19 heavy (non-hydrogen) atoms. The van der Waals surface area contributed by atoms with E-state index in [-0.39, 0.29) is 17.1 Å². The van der Waals surface area contributed by atoms with Crippen molar-refractivity contribution >= 4 is 16.8 Å². The summed E-state index contributed by atoms with van der Waals surface area (Å²) in [6.45, 7) is 6.19. The summed E-state index contributed by atoms with van der Waals surface area (Å²) in [6.07, 6.45) is 2.55. The Bertz CT molecular complexity index is 596. The molecule has 0 aliphatic carbocycles. The first-order chi connectivity index (χ1) is 8.88. The van der Waals surface area contributed by atoms with Crippen LogP contribution in [0.25, 0.3) is 10.9 Å². The number of carbonyl (C=O) groups excluding carboxylic acids is 1. The van der Waals surface area contributed by atoms with Crippen LogP contribution in [-0.4, -0.2) is 17.4 Å². The minimum Gasteiger partial charge on any atom is -0.361 e. The molecular formula is C15H19FN2O. The first kappa shape index (κ1) is 13.6. The third kappa shape index (κ3) is 3.13. The molecule has 1 heterocycles. The van der Waals surface area contributed by atoms with Crippen molar-refractivity contribution < 1.29 is 9.18 Å². The zero-order valence-corrected chi connectivity index (χ0v) is 11.5. The van der Waals surface area contributed by atoms with Crippen molar-refractivity contribution in [3.05, 3.63) is 35.8 Å². The molecule has 0 aliphatic heterocycles. The number of amides is 1. The molecule has 0 radical (unpaired) electrons. The topological polar surface area (TPSA) is 44.9 Å². The second-order valence-electron chi connectivity index (χ2n) is 5.76. The summed E-state index contributed by atoms with van der Waals surface area (Å²) in [5.74, 6) is -0.217. The van der Waals surface area contributed by atoms with E-state index < -0.39 is 0 Å². The maximum atomic E-state index is 13.2. The molecule has 0 spiro atoms. The number of benzene rings is 1. The zero-order chi connectivity index (χ0) is 14.0. The standard InChI is InChI=1S/C15H19FN2O/c1-15(2,3)14(19)17-7-6-10-9-18-13-5-4-11(16)8-12(10)13/h4-5,8-9,18H,6-7H2,1-3H3,(H,17,19). The van der Waals surface area contributed by atoms with Gasteiger partial charge in [-0.25, -0.2) is 4.39 Å². The third-order valence-electron chi connectivity index (χ3n) is 3.09. The fourth-order valence-corrected chi connectivity index (χ4v) is 1.93. The van der Waals surface area contributed by atoms with Crippen LogP contribution in [0.5, 0.6) is 0 Å². The van der Waals surface area contributed by atoms with Crippen LogP contribution in [-0.2, 0) is 11.2 Å². The SMILES string of the molecule is CC(C)(C)C(=O)NCCc1c[nH]c2ccc(F)cc12. The van der Waals surface area contributed by atoms with Gasteiger partial charge >= 0.3 is 0 Å². The lowest BCUT2D eigenvalue weighted by Crippen LogP contribution is -2.35. The number of fused-ring (bicyclic) bond motifs is 1. The number of nitrogens with one attached hydrogen (secondary N) is 2. The lowest BCUT2D eigenvalue weighted by atomic mass is 9.95. The molecule has 0 unspecified atom stereocenters. The largest absolute Gasteiger partial charge is 0.361 e. The smallest absolute Gasteiger partial charge is 0.225 e. The van der Waals surface area contributed by atoms with Crippen molar-refractivity contribution in [3.63, 3.8) is 0 Å². The normalized spacial score (nSPS) is 11.8. The predicted octanol–water partition coefficient (Wildman–Crippen LogP) is 3.01. The number of carbonyl (C=O) groups is 1. The van der Waals surface area contributed by atoms with Gasteiger partial charge in [-0.2, -0.15) is 0 Å². The molecule has 0 atom stereocenters. The number of halogens is 1. The van der Waals surface area contributed by atoms with E-state index in [1.54, 1.807) is 6.07 Å². The first-order valence-electron chi connectivity index (χ1n) is 6.42. The Kier molecular flexibility index (Phi) is 3.60. The Balaban J connectivity index is 2.03. The Morgan fingerprint density at radius 1 is 1.37 bits per heavy atom. The summed E-state index contributed by atoms with van der Waals surface area (Å²) in [4.78, 5) is 14.8. The van der Waals surface area contributed by atoms with Gasteiger partial charge in [0.25, 0.3) is 0 Å². The van der Waals surface area contributed by atoms with Gasteiger partial charge in [-0.05, 0) is 30.2 Å². The molecular weight excluding hydrogens is 243 g/mol. The van der Waals surface area contributed by atoms with E-state index in [0.717, 1.165) is 16.5 Å². The Morgan fingerprint density at radius 3 is 2.79 bits per heavy atom. The number of H-pyrrole nitrogens is 1. The molecule has 1 aromatic heterocycles. The minimum absolute atomic E-state index is 0.0264. The van der Waals surface area contributed by atoms with E-state index in [9.17, 15) is 9.18 Å². The molecule has 2 aromatic rings. The van der Waals surface area contributed by atoms with Gasteiger partial charge in [0.05, 0.1) is 0 Å². The number of rotatable bonds is 3. The molecule has 0 saturated carbocycles. The highest BCUT2D eigenvalue weighted by molar-refractivity contribution is 5.83. The van der Waals surface area contributed by atoms with Crippen molar-refractivity contribution in [2.75, 3.05) is 6.54 Å². The predicted molar refractivity (Wildman–Crippen MR) is 74.4 cm³/mol. The van der Waals surface area contributed by atoms with E-state index in [1.165, 1.54) is 12.1 Å². The van der Waals surface area contributed by atoms with E-state index in [4.69, 9.17) is 0 Å². The number of aromatic nitrogens is 1. The van der Waals surface area contributed by atoms with E-state index >= 15 is 0 Å². The summed E-state index contributed by atoms with van der Waals surface area (Å²) in [7, 11) is 0. The van der Waals surface area contributed by atoms with E-state index in [0.29, 0.717) is 13.0 Å². The Hall–Kier alpha value is -1.84. The zero-order valence-electron chi connectivity index (χ0n) is 11.5. The van der Waals surface area contributed by atoms with Gasteiger partial charge in [-0.15, -0.1) is 0 Å². The first-order valence-corrected chi connectivity index (χ1v) is 6.42. The molecule has 3 nitrogen and oxygen atoms in total. The van der Waals surface area contributed by atoms with E-state index in [2.05, 4.69) is 10.3 Å². The average molecular weight is 262 g/mol. The lowest BCUT2D eigenvalue weighted by Gasteiger charge is -2.17. The third-order valence-corrected chi connectivity index (χ3v) is 3.09. The fourth-order valence-electron chi connectivity index (χ4n) is 1.93.